The highest BCUT2D eigenvalue weighted by atomic mass is 16.4. The highest BCUT2D eigenvalue weighted by molar-refractivity contribution is 5.94. The molecule has 108 valence electrons. The third-order valence-corrected chi connectivity index (χ3v) is 3.59. The minimum Gasteiger partial charge on any atom is -0.481 e. The fourth-order valence-electron chi connectivity index (χ4n) is 2.57. The van der Waals surface area contributed by atoms with Gasteiger partial charge in [-0.25, -0.2) is 0 Å². The van der Waals surface area contributed by atoms with E-state index in [1.165, 1.54) is 12.3 Å². The molecule has 1 unspecified atom stereocenters. The van der Waals surface area contributed by atoms with Crippen LogP contribution in [0.2, 0.25) is 0 Å². The molecule has 20 heavy (non-hydrogen) atoms. The second-order valence-electron chi connectivity index (χ2n) is 5.13. The van der Waals surface area contributed by atoms with Crippen LogP contribution in [0.15, 0.2) is 23.1 Å². The number of aliphatic carboxylic acids is 1. The van der Waals surface area contributed by atoms with Crippen molar-refractivity contribution in [2.75, 3.05) is 13.1 Å². The molecule has 1 saturated heterocycles. The molecule has 0 spiro atoms. The SMILES string of the molecule is O=C(O)CCC1CCCN(C(=O)c2cc[nH]c(=O)c2)C1. The number of likely N-dealkylation sites (tertiary alicyclic amines) is 1. The number of rotatable bonds is 4. The molecule has 1 fully saturated rings. The maximum absolute atomic E-state index is 12.3. The predicted molar refractivity (Wildman–Crippen MR) is 72.6 cm³/mol. The minimum atomic E-state index is -0.803. The molecule has 0 radical (unpaired) electrons. The van der Waals surface area contributed by atoms with Gasteiger partial charge in [0.1, 0.15) is 0 Å². The largest absolute Gasteiger partial charge is 0.481 e. The van der Waals surface area contributed by atoms with Crippen LogP contribution in [0.3, 0.4) is 0 Å². The predicted octanol–water partition coefficient (Wildman–Crippen LogP) is 1.09. The number of aromatic amines is 1. The second kappa shape index (κ2) is 6.36. The summed E-state index contributed by atoms with van der Waals surface area (Å²) in [6.07, 6.45) is 4.01. The summed E-state index contributed by atoms with van der Waals surface area (Å²) in [6.45, 7) is 1.23. The van der Waals surface area contributed by atoms with Gasteiger partial charge in [0.25, 0.3) is 5.91 Å². The summed E-state index contributed by atoms with van der Waals surface area (Å²) in [5, 5.41) is 8.71. The van der Waals surface area contributed by atoms with Crippen LogP contribution >= 0.6 is 0 Å². The van der Waals surface area contributed by atoms with Gasteiger partial charge >= 0.3 is 5.97 Å². The van der Waals surface area contributed by atoms with Gasteiger partial charge in [0.15, 0.2) is 0 Å². The quantitative estimate of drug-likeness (QED) is 0.862. The number of nitrogens with zero attached hydrogens (tertiary/aromatic N) is 1. The standard InChI is InChI=1S/C14H18N2O4/c17-12-8-11(5-6-15-12)14(20)16-7-1-2-10(9-16)3-4-13(18)19/h5-6,8,10H,1-4,7,9H2,(H,15,17)(H,18,19). The molecule has 1 atom stereocenters. The van der Waals surface area contributed by atoms with Crippen LogP contribution in [0.1, 0.15) is 36.0 Å². The summed E-state index contributed by atoms with van der Waals surface area (Å²) in [5.74, 6) is -0.732. The molecule has 2 N–H and O–H groups in total. The molecule has 1 aliphatic heterocycles. The maximum Gasteiger partial charge on any atom is 0.303 e. The molecule has 1 amide bonds. The zero-order valence-corrected chi connectivity index (χ0v) is 11.2. The Morgan fingerprint density at radius 2 is 2.25 bits per heavy atom. The molecule has 6 nitrogen and oxygen atoms in total. The van der Waals surface area contributed by atoms with E-state index in [1.54, 1.807) is 11.0 Å². The summed E-state index contributed by atoms with van der Waals surface area (Å²) >= 11 is 0. The number of aromatic nitrogens is 1. The first-order valence-electron chi connectivity index (χ1n) is 6.76. The van der Waals surface area contributed by atoms with Gasteiger partial charge in [-0.1, -0.05) is 0 Å². The van der Waals surface area contributed by atoms with Crippen molar-refractivity contribution in [2.24, 2.45) is 5.92 Å². The topological polar surface area (TPSA) is 90.5 Å². The van der Waals surface area contributed by atoms with Crippen molar-refractivity contribution in [3.8, 4) is 0 Å². The smallest absolute Gasteiger partial charge is 0.303 e. The van der Waals surface area contributed by atoms with E-state index in [0.717, 1.165) is 12.8 Å². The highest BCUT2D eigenvalue weighted by Crippen LogP contribution is 2.22. The molecule has 6 heteroatoms. The lowest BCUT2D eigenvalue weighted by molar-refractivity contribution is -0.137. The summed E-state index contributed by atoms with van der Waals surface area (Å²) in [5.41, 5.74) is 0.0860. The van der Waals surface area contributed by atoms with E-state index < -0.39 is 5.97 Å². The van der Waals surface area contributed by atoms with Crippen LogP contribution in [0.4, 0.5) is 0 Å². The van der Waals surface area contributed by atoms with Crippen LogP contribution in [0, 0.1) is 5.92 Å². The number of carbonyl (C=O) groups excluding carboxylic acids is 1. The Morgan fingerprint density at radius 3 is 2.95 bits per heavy atom. The Labute approximate surface area is 116 Å². The van der Waals surface area contributed by atoms with Crippen molar-refractivity contribution >= 4 is 11.9 Å². The molecule has 1 aromatic heterocycles. The van der Waals surface area contributed by atoms with Gasteiger partial charge in [-0.3, -0.25) is 14.4 Å². The lowest BCUT2D eigenvalue weighted by Crippen LogP contribution is -2.40. The van der Waals surface area contributed by atoms with Crippen LogP contribution in [0.5, 0.6) is 0 Å². The third kappa shape index (κ3) is 3.69. The van der Waals surface area contributed by atoms with Gasteiger partial charge < -0.3 is 15.0 Å². The third-order valence-electron chi connectivity index (χ3n) is 3.59. The average Bonchev–Trinajstić information content (AvgIpc) is 2.44. The van der Waals surface area contributed by atoms with Crippen molar-refractivity contribution in [3.05, 3.63) is 34.2 Å². The molecule has 0 bridgehead atoms. The number of pyridine rings is 1. The molecule has 0 aromatic carbocycles. The number of amides is 1. The first-order valence-corrected chi connectivity index (χ1v) is 6.76. The van der Waals surface area contributed by atoms with Crippen LogP contribution in [0.25, 0.3) is 0 Å². The van der Waals surface area contributed by atoms with Gasteiger partial charge in [0.05, 0.1) is 0 Å². The second-order valence-corrected chi connectivity index (χ2v) is 5.13. The molecule has 2 heterocycles. The van der Waals surface area contributed by atoms with Gasteiger partial charge in [0.2, 0.25) is 5.56 Å². The van der Waals surface area contributed by atoms with E-state index in [-0.39, 0.29) is 23.8 Å². The number of nitrogens with one attached hydrogen (secondary N) is 1. The van der Waals surface area contributed by atoms with Crippen LogP contribution < -0.4 is 5.56 Å². The van der Waals surface area contributed by atoms with E-state index in [0.29, 0.717) is 25.1 Å². The zero-order valence-electron chi connectivity index (χ0n) is 11.2. The minimum absolute atomic E-state index is 0.137. The maximum atomic E-state index is 12.3. The van der Waals surface area contributed by atoms with E-state index in [1.807, 2.05) is 0 Å². The Hall–Kier alpha value is -2.11. The molecule has 1 aliphatic rings. The first-order chi connectivity index (χ1) is 9.56. The van der Waals surface area contributed by atoms with Crippen molar-refractivity contribution in [1.82, 2.24) is 9.88 Å². The average molecular weight is 278 g/mol. The summed E-state index contributed by atoms with van der Waals surface area (Å²) in [6, 6.07) is 2.88. The number of hydrogen-bond acceptors (Lipinski definition) is 3. The summed E-state index contributed by atoms with van der Waals surface area (Å²) in [4.78, 5) is 38.3. The zero-order chi connectivity index (χ0) is 14.5. The Balaban J connectivity index is 1.99. The fraction of sp³-hybridized carbons (Fsp3) is 0.500. The van der Waals surface area contributed by atoms with E-state index in [2.05, 4.69) is 4.98 Å². The van der Waals surface area contributed by atoms with Gasteiger partial charge in [-0.05, 0) is 31.2 Å². The Morgan fingerprint density at radius 1 is 1.45 bits per heavy atom. The van der Waals surface area contributed by atoms with Crippen molar-refractivity contribution in [2.45, 2.75) is 25.7 Å². The van der Waals surface area contributed by atoms with E-state index >= 15 is 0 Å². The number of H-pyrrole nitrogens is 1. The van der Waals surface area contributed by atoms with E-state index in [4.69, 9.17) is 5.11 Å². The molecular formula is C14H18N2O4. The number of hydrogen-bond donors (Lipinski definition) is 2. The molecule has 1 aromatic rings. The van der Waals surface area contributed by atoms with E-state index in [9.17, 15) is 14.4 Å². The number of carboxylic acid groups (broad SMARTS) is 1. The van der Waals surface area contributed by atoms with Gasteiger partial charge in [-0.15, -0.1) is 0 Å². The van der Waals surface area contributed by atoms with Crippen LogP contribution in [-0.4, -0.2) is 40.0 Å². The molecule has 0 aliphatic carbocycles. The lowest BCUT2D eigenvalue weighted by Gasteiger charge is -2.32. The number of carboxylic acids is 1. The fourth-order valence-corrected chi connectivity index (χ4v) is 2.57. The molecule has 2 rings (SSSR count). The lowest BCUT2D eigenvalue weighted by atomic mass is 9.93. The Kier molecular flexibility index (Phi) is 4.55. The monoisotopic (exact) mass is 278 g/mol. The van der Waals surface area contributed by atoms with Crippen molar-refractivity contribution in [3.63, 3.8) is 0 Å². The summed E-state index contributed by atoms with van der Waals surface area (Å²) in [7, 11) is 0. The molecular weight excluding hydrogens is 260 g/mol. The summed E-state index contributed by atoms with van der Waals surface area (Å²) < 4.78 is 0. The number of carbonyl (C=O) groups is 2. The van der Waals surface area contributed by atoms with Gasteiger partial charge in [0, 0.05) is 37.3 Å². The van der Waals surface area contributed by atoms with Crippen LogP contribution in [-0.2, 0) is 4.79 Å². The van der Waals surface area contributed by atoms with Crippen molar-refractivity contribution < 1.29 is 14.7 Å². The highest BCUT2D eigenvalue weighted by Gasteiger charge is 2.24. The Bertz CT molecular complexity index is 552. The molecule has 0 saturated carbocycles. The number of piperidine rings is 1. The van der Waals surface area contributed by atoms with Gasteiger partial charge in [-0.2, -0.15) is 0 Å². The normalized spacial score (nSPS) is 18.8. The first kappa shape index (κ1) is 14.3. The van der Waals surface area contributed by atoms with Crippen molar-refractivity contribution in [1.29, 1.82) is 0 Å².